The third kappa shape index (κ3) is 3.88. The van der Waals surface area contributed by atoms with Crippen LogP contribution in [0.1, 0.15) is 26.2 Å². The van der Waals surface area contributed by atoms with Gasteiger partial charge in [-0.1, -0.05) is 18.5 Å². The molecule has 4 nitrogen and oxygen atoms in total. The van der Waals surface area contributed by atoms with E-state index < -0.39 is 5.97 Å². The van der Waals surface area contributed by atoms with Crippen LogP contribution < -0.4 is 0 Å². The van der Waals surface area contributed by atoms with Crippen molar-refractivity contribution in [3.63, 3.8) is 0 Å². The van der Waals surface area contributed by atoms with E-state index in [-0.39, 0.29) is 6.42 Å². The molecular weight excluding hydrogens is 134 g/mol. The van der Waals surface area contributed by atoms with Gasteiger partial charge >= 0.3 is 5.97 Å². The first kappa shape index (κ1) is 8.94. The quantitative estimate of drug-likeness (QED) is 0.353. The van der Waals surface area contributed by atoms with Gasteiger partial charge in [-0.05, 0) is 6.42 Å². The number of carboxylic acid groups (broad SMARTS) is 1. The number of rotatable bonds is 4. The lowest BCUT2D eigenvalue weighted by molar-refractivity contribution is -0.135. The lowest BCUT2D eigenvalue weighted by Crippen LogP contribution is -2.06. The molecule has 0 radical (unpaired) electrons. The molecule has 0 saturated heterocycles. The standard InChI is InChI=1S/C6H11NO3/c1-2-3-5(7-10)4-6(8)9/h10H,2-4H2,1H3,(H,8,9)/b7-5+. The molecule has 0 fully saturated rings. The Morgan fingerprint density at radius 2 is 2.20 bits per heavy atom. The van der Waals surface area contributed by atoms with Crippen molar-refractivity contribution in [1.29, 1.82) is 0 Å². The van der Waals surface area contributed by atoms with Gasteiger partial charge in [-0.3, -0.25) is 4.79 Å². The van der Waals surface area contributed by atoms with E-state index in [0.717, 1.165) is 6.42 Å². The molecular formula is C6H11NO3. The van der Waals surface area contributed by atoms with Crippen molar-refractivity contribution >= 4 is 11.7 Å². The number of oxime groups is 1. The highest BCUT2D eigenvalue weighted by Gasteiger charge is 2.03. The predicted molar refractivity (Wildman–Crippen MR) is 36.4 cm³/mol. The van der Waals surface area contributed by atoms with Crippen molar-refractivity contribution in [2.75, 3.05) is 0 Å². The molecule has 0 saturated carbocycles. The number of hydrogen-bond donors (Lipinski definition) is 2. The molecule has 0 bridgehead atoms. The van der Waals surface area contributed by atoms with Crippen molar-refractivity contribution in [2.45, 2.75) is 26.2 Å². The van der Waals surface area contributed by atoms with E-state index in [1.165, 1.54) is 0 Å². The van der Waals surface area contributed by atoms with Crippen LogP contribution in [0.5, 0.6) is 0 Å². The van der Waals surface area contributed by atoms with Gasteiger partial charge in [0.1, 0.15) is 0 Å². The zero-order chi connectivity index (χ0) is 7.98. The number of nitrogens with zero attached hydrogens (tertiary/aromatic N) is 1. The van der Waals surface area contributed by atoms with Gasteiger partial charge < -0.3 is 10.3 Å². The Labute approximate surface area is 59.2 Å². The van der Waals surface area contributed by atoms with Crippen molar-refractivity contribution < 1.29 is 15.1 Å². The van der Waals surface area contributed by atoms with Crippen molar-refractivity contribution in [3.8, 4) is 0 Å². The average molecular weight is 145 g/mol. The number of hydrogen-bond acceptors (Lipinski definition) is 3. The second-order valence-corrected chi connectivity index (χ2v) is 1.99. The van der Waals surface area contributed by atoms with Crippen LogP contribution in [0.2, 0.25) is 0 Å². The molecule has 0 aromatic heterocycles. The maximum absolute atomic E-state index is 10.1. The summed E-state index contributed by atoms with van der Waals surface area (Å²) in [4.78, 5) is 10.1. The molecule has 0 amide bonds. The van der Waals surface area contributed by atoms with Crippen LogP contribution in [0.4, 0.5) is 0 Å². The molecule has 4 heteroatoms. The van der Waals surface area contributed by atoms with Crippen LogP contribution in [-0.2, 0) is 4.79 Å². The Kier molecular flexibility index (Phi) is 4.28. The van der Waals surface area contributed by atoms with Gasteiger partial charge in [0.25, 0.3) is 0 Å². The number of carbonyl (C=O) groups is 1. The largest absolute Gasteiger partial charge is 0.481 e. The summed E-state index contributed by atoms with van der Waals surface area (Å²) in [6.45, 7) is 1.90. The minimum Gasteiger partial charge on any atom is -0.481 e. The second-order valence-electron chi connectivity index (χ2n) is 1.99. The lowest BCUT2D eigenvalue weighted by atomic mass is 10.2. The van der Waals surface area contributed by atoms with Gasteiger partial charge in [0, 0.05) is 0 Å². The van der Waals surface area contributed by atoms with Gasteiger partial charge in [-0.25, -0.2) is 0 Å². The van der Waals surface area contributed by atoms with Crippen LogP contribution in [0.3, 0.4) is 0 Å². The molecule has 0 rings (SSSR count). The smallest absolute Gasteiger partial charge is 0.309 e. The van der Waals surface area contributed by atoms with Crippen LogP contribution in [0.25, 0.3) is 0 Å². The highest BCUT2D eigenvalue weighted by atomic mass is 16.4. The average Bonchev–Trinajstić information content (AvgIpc) is 1.86. The molecule has 0 aliphatic heterocycles. The normalized spacial score (nSPS) is 11.5. The van der Waals surface area contributed by atoms with E-state index in [9.17, 15) is 4.79 Å². The van der Waals surface area contributed by atoms with E-state index >= 15 is 0 Å². The Morgan fingerprint density at radius 1 is 1.60 bits per heavy atom. The van der Waals surface area contributed by atoms with E-state index in [4.69, 9.17) is 10.3 Å². The first-order valence-electron chi connectivity index (χ1n) is 3.12. The summed E-state index contributed by atoms with van der Waals surface area (Å²) < 4.78 is 0. The minimum absolute atomic E-state index is 0.162. The summed E-state index contributed by atoms with van der Waals surface area (Å²) in [6.07, 6.45) is 1.18. The molecule has 0 spiro atoms. The highest BCUT2D eigenvalue weighted by Crippen LogP contribution is 1.96. The van der Waals surface area contributed by atoms with Crippen LogP contribution in [0, 0.1) is 0 Å². The summed E-state index contributed by atoms with van der Waals surface area (Å²) in [6, 6.07) is 0. The Balaban J connectivity index is 3.73. The monoisotopic (exact) mass is 145 g/mol. The molecule has 0 aliphatic carbocycles. The fourth-order valence-electron chi connectivity index (χ4n) is 0.637. The predicted octanol–water partition coefficient (Wildman–Crippen LogP) is 1.09. The van der Waals surface area contributed by atoms with E-state index in [1.54, 1.807) is 0 Å². The van der Waals surface area contributed by atoms with Crippen molar-refractivity contribution in [2.24, 2.45) is 5.16 Å². The Morgan fingerprint density at radius 3 is 2.50 bits per heavy atom. The van der Waals surface area contributed by atoms with Crippen LogP contribution in [0.15, 0.2) is 5.16 Å². The molecule has 2 N–H and O–H groups in total. The van der Waals surface area contributed by atoms with Crippen molar-refractivity contribution in [3.05, 3.63) is 0 Å². The summed E-state index contributed by atoms with van der Waals surface area (Å²) in [5.74, 6) is -0.957. The maximum Gasteiger partial charge on any atom is 0.309 e. The molecule has 0 unspecified atom stereocenters. The fourth-order valence-corrected chi connectivity index (χ4v) is 0.637. The minimum atomic E-state index is -0.957. The van der Waals surface area contributed by atoms with Gasteiger partial charge in [0.05, 0.1) is 12.1 Å². The Hall–Kier alpha value is -1.06. The second kappa shape index (κ2) is 4.78. The Bertz CT molecular complexity index is 142. The number of carboxylic acids is 1. The third-order valence-corrected chi connectivity index (χ3v) is 1.04. The topological polar surface area (TPSA) is 69.9 Å². The third-order valence-electron chi connectivity index (χ3n) is 1.04. The summed E-state index contributed by atoms with van der Waals surface area (Å²) in [5.41, 5.74) is 0.329. The van der Waals surface area contributed by atoms with Crippen LogP contribution in [-0.4, -0.2) is 22.0 Å². The first-order chi connectivity index (χ1) is 4.70. The van der Waals surface area contributed by atoms with E-state index in [2.05, 4.69) is 5.16 Å². The highest BCUT2D eigenvalue weighted by molar-refractivity contribution is 5.97. The van der Waals surface area contributed by atoms with Gasteiger partial charge in [0.15, 0.2) is 0 Å². The summed E-state index contributed by atoms with van der Waals surface area (Å²) in [7, 11) is 0. The molecule has 0 aromatic carbocycles. The van der Waals surface area contributed by atoms with Gasteiger partial charge in [0.2, 0.25) is 0 Å². The van der Waals surface area contributed by atoms with Gasteiger partial charge in [-0.15, -0.1) is 0 Å². The zero-order valence-corrected chi connectivity index (χ0v) is 5.87. The SMILES string of the molecule is CCC/C(CC(=O)O)=N\O. The van der Waals surface area contributed by atoms with Crippen molar-refractivity contribution in [1.82, 2.24) is 0 Å². The fraction of sp³-hybridized carbons (Fsp3) is 0.667. The summed E-state index contributed by atoms with van der Waals surface area (Å²) in [5, 5.41) is 19.3. The van der Waals surface area contributed by atoms with E-state index in [0.29, 0.717) is 12.1 Å². The molecule has 0 aliphatic rings. The summed E-state index contributed by atoms with van der Waals surface area (Å²) >= 11 is 0. The molecule has 58 valence electrons. The van der Waals surface area contributed by atoms with E-state index in [1.807, 2.05) is 6.92 Å². The molecule has 10 heavy (non-hydrogen) atoms. The molecule has 0 heterocycles. The van der Waals surface area contributed by atoms with Crippen LogP contribution >= 0.6 is 0 Å². The van der Waals surface area contributed by atoms with Gasteiger partial charge in [-0.2, -0.15) is 0 Å². The maximum atomic E-state index is 10.1. The lowest BCUT2D eigenvalue weighted by Gasteiger charge is -1.95. The first-order valence-corrected chi connectivity index (χ1v) is 3.12. The zero-order valence-electron chi connectivity index (χ0n) is 5.87. The molecule has 0 aromatic rings. The number of aliphatic carboxylic acids is 1. The molecule has 0 atom stereocenters.